The van der Waals surface area contributed by atoms with Gasteiger partial charge in [-0.05, 0) is 42.5 Å². The van der Waals surface area contributed by atoms with Gasteiger partial charge in [0.25, 0.3) is 11.8 Å². The average molecular weight is 378 g/mol. The van der Waals surface area contributed by atoms with E-state index in [9.17, 15) is 18.8 Å². The molecule has 0 aromatic heterocycles. The molecule has 0 fully saturated rings. The molecule has 6 nitrogen and oxygen atoms in total. The number of carbonyl (C=O) groups is 3. The van der Waals surface area contributed by atoms with E-state index in [1.807, 2.05) is 0 Å². The van der Waals surface area contributed by atoms with Crippen molar-refractivity contribution in [2.24, 2.45) is 0 Å². The summed E-state index contributed by atoms with van der Waals surface area (Å²) >= 11 is 5.95. The standard InChI is InChI=1S/C18H17ClFN3O3/c1-11(24)21-8-9-22-18(26)15-7-4-13(19)10-16(15)23-17(25)12-2-5-14(20)6-3-12/h2-7,10H,8-9H2,1H3,(H,21,24)(H,22,26)(H,23,25). The molecule has 2 aromatic carbocycles. The minimum atomic E-state index is -0.500. The van der Waals surface area contributed by atoms with Gasteiger partial charge in [-0.15, -0.1) is 0 Å². The third-order valence-corrected chi connectivity index (χ3v) is 3.60. The van der Waals surface area contributed by atoms with Gasteiger partial charge in [-0.1, -0.05) is 11.6 Å². The molecule has 3 N–H and O–H groups in total. The lowest BCUT2D eigenvalue weighted by Crippen LogP contribution is -2.34. The third-order valence-electron chi connectivity index (χ3n) is 3.37. The predicted molar refractivity (Wildman–Crippen MR) is 96.8 cm³/mol. The summed E-state index contributed by atoms with van der Waals surface area (Å²) in [6.45, 7) is 1.89. The van der Waals surface area contributed by atoms with Crippen LogP contribution in [0.1, 0.15) is 27.6 Å². The maximum Gasteiger partial charge on any atom is 0.255 e. The Kier molecular flexibility index (Phi) is 6.68. The Morgan fingerprint density at radius 1 is 0.962 bits per heavy atom. The third kappa shape index (κ3) is 5.56. The first-order valence-electron chi connectivity index (χ1n) is 7.76. The van der Waals surface area contributed by atoms with Gasteiger partial charge >= 0.3 is 0 Å². The highest BCUT2D eigenvalue weighted by Crippen LogP contribution is 2.22. The molecule has 0 aliphatic carbocycles. The van der Waals surface area contributed by atoms with Crippen molar-refractivity contribution in [1.82, 2.24) is 10.6 Å². The van der Waals surface area contributed by atoms with Crippen LogP contribution in [0.25, 0.3) is 0 Å². The van der Waals surface area contributed by atoms with Crippen LogP contribution in [0.15, 0.2) is 42.5 Å². The second kappa shape index (κ2) is 8.96. The molecular formula is C18H17ClFN3O3. The lowest BCUT2D eigenvalue weighted by atomic mass is 10.1. The van der Waals surface area contributed by atoms with Gasteiger partial charge in [0.15, 0.2) is 0 Å². The van der Waals surface area contributed by atoms with Crippen molar-refractivity contribution < 1.29 is 18.8 Å². The molecule has 2 aromatic rings. The predicted octanol–water partition coefficient (Wildman–Crippen LogP) is 2.60. The normalized spacial score (nSPS) is 10.1. The van der Waals surface area contributed by atoms with E-state index in [-0.39, 0.29) is 35.8 Å². The van der Waals surface area contributed by atoms with Crippen LogP contribution in [0.5, 0.6) is 0 Å². The van der Waals surface area contributed by atoms with Gasteiger partial charge in [0.05, 0.1) is 11.3 Å². The number of hydrogen-bond donors (Lipinski definition) is 3. The first kappa shape index (κ1) is 19.4. The van der Waals surface area contributed by atoms with Crippen LogP contribution in [0, 0.1) is 5.82 Å². The van der Waals surface area contributed by atoms with E-state index in [1.165, 1.54) is 49.4 Å². The summed E-state index contributed by atoms with van der Waals surface area (Å²) < 4.78 is 13.0. The van der Waals surface area contributed by atoms with Gasteiger partial charge in [0.2, 0.25) is 5.91 Å². The molecule has 0 heterocycles. The summed E-state index contributed by atoms with van der Waals surface area (Å²) in [4.78, 5) is 35.4. The Balaban J connectivity index is 2.11. The first-order valence-corrected chi connectivity index (χ1v) is 8.13. The molecule has 0 saturated heterocycles. The van der Waals surface area contributed by atoms with Crippen molar-refractivity contribution in [2.75, 3.05) is 18.4 Å². The molecule has 136 valence electrons. The largest absolute Gasteiger partial charge is 0.355 e. The fourth-order valence-corrected chi connectivity index (χ4v) is 2.30. The summed E-state index contributed by atoms with van der Waals surface area (Å²) in [5.41, 5.74) is 0.680. The monoisotopic (exact) mass is 377 g/mol. The Labute approximate surface area is 154 Å². The van der Waals surface area contributed by atoms with Gasteiger partial charge in [0.1, 0.15) is 5.82 Å². The molecule has 0 atom stereocenters. The second-order valence-corrected chi connectivity index (χ2v) is 5.83. The van der Waals surface area contributed by atoms with Crippen LogP contribution in [-0.2, 0) is 4.79 Å². The summed E-state index contributed by atoms with van der Waals surface area (Å²) in [7, 11) is 0. The van der Waals surface area contributed by atoms with Crippen LogP contribution >= 0.6 is 11.6 Å². The van der Waals surface area contributed by atoms with Gasteiger partial charge < -0.3 is 16.0 Å². The smallest absolute Gasteiger partial charge is 0.255 e. The number of carbonyl (C=O) groups excluding carboxylic acids is 3. The lowest BCUT2D eigenvalue weighted by molar-refractivity contribution is -0.118. The number of hydrogen-bond acceptors (Lipinski definition) is 3. The van der Waals surface area contributed by atoms with Crippen molar-refractivity contribution in [1.29, 1.82) is 0 Å². The second-order valence-electron chi connectivity index (χ2n) is 5.39. The van der Waals surface area contributed by atoms with Crippen LogP contribution in [0.3, 0.4) is 0 Å². The summed E-state index contributed by atoms with van der Waals surface area (Å²) in [6, 6.07) is 9.47. The summed E-state index contributed by atoms with van der Waals surface area (Å²) in [5, 5.41) is 8.14. The van der Waals surface area contributed by atoms with Crippen LogP contribution in [0.4, 0.5) is 10.1 Å². The molecule has 0 unspecified atom stereocenters. The van der Waals surface area contributed by atoms with Crippen molar-refractivity contribution in [2.45, 2.75) is 6.92 Å². The maximum absolute atomic E-state index is 13.0. The molecule has 8 heteroatoms. The molecule has 0 radical (unpaired) electrons. The summed E-state index contributed by atoms with van der Waals surface area (Å²) in [5.74, 6) is -1.58. The van der Waals surface area contributed by atoms with E-state index >= 15 is 0 Å². The zero-order chi connectivity index (χ0) is 19.1. The molecule has 0 bridgehead atoms. The van der Waals surface area contributed by atoms with Crippen molar-refractivity contribution in [3.8, 4) is 0 Å². The number of nitrogens with one attached hydrogen (secondary N) is 3. The molecular weight excluding hydrogens is 361 g/mol. The minimum absolute atomic E-state index is 0.196. The number of anilines is 1. The van der Waals surface area contributed by atoms with E-state index in [0.717, 1.165) is 0 Å². The van der Waals surface area contributed by atoms with E-state index in [1.54, 1.807) is 0 Å². The number of amides is 3. The van der Waals surface area contributed by atoms with Gasteiger partial charge in [-0.3, -0.25) is 14.4 Å². The number of rotatable bonds is 6. The zero-order valence-corrected chi connectivity index (χ0v) is 14.7. The van der Waals surface area contributed by atoms with E-state index in [4.69, 9.17) is 11.6 Å². The van der Waals surface area contributed by atoms with Crippen molar-refractivity contribution >= 4 is 35.0 Å². The average Bonchev–Trinajstić information content (AvgIpc) is 2.59. The topological polar surface area (TPSA) is 87.3 Å². The van der Waals surface area contributed by atoms with Gasteiger partial charge in [-0.25, -0.2) is 4.39 Å². The molecule has 26 heavy (non-hydrogen) atoms. The Morgan fingerprint density at radius 3 is 2.27 bits per heavy atom. The Morgan fingerprint density at radius 2 is 1.62 bits per heavy atom. The van der Waals surface area contributed by atoms with Crippen molar-refractivity contribution in [3.63, 3.8) is 0 Å². The highest BCUT2D eigenvalue weighted by Gasteiger charge is 2.15. The first-order chi connectivity index (χ1) is 12.4. The van der Waals surface area contributed by atoms with Gasteiger partial charge in [-0.2, -0.15) is 0 Å². The maximum atomic E-state index is 13.0. The van der Waals surface area contributed by atoms with Gasteiger partial charge in [0, 0.05) is 30.6 Å². The number of halogens is 2. The van der Waals surface area contributed by atoms with Crippen LogP contribution in [-0.4, -0.2) is 30.8 Å². The van der Waals surface area contributed by atoms with E-state index < -0.39 is 17.6 Å². The molecule has 3 amide bonds. The zero-order valence-electron chi connectivity index (χ0n) is 13.9. The Hall–Kier alpha value is -2.93. The summed E-state index contributed by atoms with van der Waals surface area (Å²) in [6.07, 6.45) is 0. The van der Waals surface area contributed by atoms with E-state index in [0.29, 0.717) is 5.02 Å². The molecule has 2 rings (SSSR count). The van der Waals surface area contributed by atoms with Crippen molar-refractivity contribution in [3.05, 3.63) is 64.4 Å². The molecule has 0 saturated carbocycles. The molecule has 0 spiro atoms. The minimum Gasteiger partial charge on any atom is -0.355 e. The number of benzene rings is 2. The fraction of sp³-hybridized carbons (Fsp3) is 0.167. The highest BCUT2D eigenvalue weighted by molar-refractivity contribution is 6.31. The molecule has 0 aliphatic heterocycles. The molecule has 0 aliphatic rings. The fourth-order valence-electron chi connectivity index (χ4n) is 2.12. The lowest BCUT2D eigenvalue weighted by Gasteiger charge is -2.12. The SMILES string of the molecule is CC(=O)NCCNC(=O)c1ccc(Cl)cc1NC(=O)c1ccc(F)cc1. The van der Waals surface area contributed by atoms with E-state index in [2.05, 4.69) is 16.0 Å². The van der Waals surface area contributed by atoms with Crippen LogP contribution in [0.2, 0.25) is 5.02 Å². The Bertz CT molecular complexity index is 825. The highest BCUT2D eigenvalue weighted by atomic mass is 35.5. The van der Waals surface area contributed by atoms with Crippen LogP contribution < -0.4 is 16.0 Å². The quantitative estimate of drug-likeness (QED) is 0.676.